The molecular weight excluding hydrogens is 260 g/mol. The van der Waals surface area contributed by atoms with Gasteiger partial charge in [-0.2, -0.15) is 5.10 Å². The molecule has 0 saturated heterocycles. The molecule has 0 aliphatic carbocycles. The number of hydrogen-bond acceptors (Lipinski definition) is 3. The molecule has 0 N–H and O–H groups in total. The lowest BCUT2D eigenvalue weighted by atomic mass is 10.1. The fraction of sp³-hybridized carbons (Fsp3) is 0.286. The molecule has 0 bridgehead atoms. The van der Waals surface area contributed by atoms with E-state index in [0.29, 0.717) is 11.6 Å². The van der Waals surface area contributed by atoms with Crippen LogP contribution in [0.5, 0.6) is 0 Å². The van der Waals surface area contributed by atoms with Crippen LogP contribution in [0.1, 0.15) is 18.5 Å². The maximum Gasteiger partial charge on any atom is 0.138 e. The van der Waals surface area contributed by atoms with E-state index in [2.05, 4.69) is 40.6 Å². The Labute approximate surface area is 118 Å². The minimum Gasteiger partial charge on any atom is -0.295 e. The third kappa shape index (κ3) is 3.43. The fourth-order valence-corrected chi connectivity index (χ4v) is 2.10. The van der Waals surface area contributed by atoms with Crippen molar-refractivity contribution in [1.29, 1.82) is 0 Å². The minimum atomic E-state index is 0.278. The molecule has 0 amide bonds. The van der Waals surface area contributed by atoms with Gasteiger partial charge >= 0.3 is 0 Å². The first-order chi connectivity index (χ1) is 9.08. The van der Waals surface area contributed by atoms with E-state index in [-0.39, 0.29) is 6.04 Å². The van der Waals surface area contributed by atoms with Crippen LogP contribution >= 0.6 is 11.6 Å². The second-order valence-corrected chi connectivity index (χ2v) is 5.07. The first-order valence-corrected chi connectivity index (χ1v) is 6.44. The van der Waals surface area contributed by atoms with Crippen molar-refractivity contribution in [3.8, 4) is 5.69 Å². The van der Waals surface area contributed by atoms with Gasteiger partial charge in [0.1, 0.15) is 12.7 Å². The molecule has 0 aliphatic rings. The number of nitrogens with zero attached hydrogens (tertiary/aromatic N) is 4. The first-order valence-electron chi connectivity index (χ1n) is 6.06. The Morgan fingerprint density at radius 3 is 2.63 bits per heavy atom. The van der Waals surface area contributed by atoms with Crippen molar-refractivity contribution in [3.05, 3.63) is 54.1 Å². The van der Waals surface area contributed by atoms with Crippen LogP contribution in [-0.2, 0) is 0 Å². The summed E-state index contributed by atoms with van der Waals surface area (Å²) in [7, 11) is 2.03. The summed E-state index contributed by atoms with van der Waals surface area (Å²) in [6.45, 7) is 6.54. The smallest absolute Gasteiger partial charge is 0.138 e. The minimum absolute atomic E-state index is 0.278. The molecule has 2 rings (SSSR count). The molecule has 1 unspecified atom stereocenters. The molecule has 2 aromatic rings. The zero-order valence-corrected chi connectivity index (χ0v) is 11.9. The van der Waals surface area contributed by atoms with E-state index in [0.717, 1.165) is 5.69 Å². The van der Waals surface area contributed by atoms with Crippen LogP contribution < -0.4 is 0 Å². The molecule has 1 atom stereocenters. The highest BCUT2D eigenvalue weighted by atomic mass is 35.5. The SMILES string of the molecule is C=C(Cl)CN(C)C(C)c1ccc(-n2cncn2)cc1. The summed E-state index contributed by atoms with van der Waals surface area (Å²) in [6.07, 6.45) is 3.21. The Morgan fingerprint density at radius 2 is 2.11 bits per heavy atom. The van der Waals surface area contributed by atoms with Gasteiger partial charge in [0.15, 0.2) is 0 Å². The Balaban J connectivity index is 2.12. The molecular formula is C14H17ClN4. The van der Waals surface area contributed by atoms with Crippen LogP contribution in [0, 0.1) is 0 Å². The van der Waals surface area contributed by atoms with E-state index in [1.54, 1.807) is 11.0 Å². The zero-order chi connectivity index (χ0) is 13.8. The molecule has 19 heavy (non-hydrogen) atoms. The maximum absolute atomic E-state index is 5.84. The average Bonchev–Trinajstić information content (AvgIpc) is 2.91. The monoisotopic (exact) mass is 276 g/mol. The maximum atomic E-state index is 5.84. The van der Waals surface area contributed by atoms with Gasteiger partial charge in [0.05, 0.1) is 5.69 Å². The summed E-state index contributed by atoms with van der Waals surface area (Å²) in [5.74, 6) is 0. The van der Waals surface area contributed by atoms with Gasteiger partial charge < -0.3 is 0 Å². The third-order valence-electron chi connectivity index (χ3n) is 3.14. The van der Waals surface area contributed by atoms with Gasteiger partial charge in [-0.3, -0.25) is 4.90 Å². The number of aromatic nitrogens is 3. The Hall–Kier alpha value is -1.65. The van der Waals surface area contributed by atoms with Crippen molar-refractivity contribution < 1.29 is 0 Å². The second kappa shape index (κ2) is 5.99. The summed E-state index contributed by atoms with van der Waals surface area (Å²) in [6, 6.07) is 8.53. The van der Waals surface area contributed by atoms with Crippen LogP contribution in [0.2, 0.25) is 0 Å². The predicted octanol–water partition coefficient (Wildman–Crippen LogP) is 3.01. The largest absolute Gasteiger partial charge is 0.295 e. The molecule has 0 aliphatic heterocycles. The van der Waals surface area contributed by atoms with E-state index in [4.69, 9.17) is 11.6 Å². The number of hydrogen-bond donors (Lipinski definition) is 0. The Morgan fingerprint density at radius 1 is 1.42 bits per heavy atom. The predicted molar refractivity (Wildman–Crippen MR) is 77.4 cm³/mol. The van der Waals surface area contributed by atoms with Gasteiger partial charge in [-0.05, 0) is 31.7 Å². The molecule has 0 saturated carbocycles. The van der Waals surface area contributed by atoms with Gasteiger partial charge in [-0.1, -0.05) is 30.3 Å². The molecule has 4 nitrogen and oxygen atoms in total. The molecule has 0 spiro atoms. The van der Waals surface area contributed by atoms with Crippen molar-refractivity contribution in [2.75, 3.05) is 13.6 Å². The van der Waals surface area contributed by atoms with Crippen molar-refractivity contribution in [2.24, 2.45) is 0 Å². The van der Waals surface area contributed by atoms with Crippen LogP contribution in [-0.4, -0.2) is 33.3 Å². The molecule has 1 aromatic carbocycles. The Bertz CT molecular complexity index is 533. The quantitative estimate of drug-likeness (QED) is 0.842. The summed E-state index contributed by atoms with van der Waals surface area (Å²) in [5, 5.41) is 4.75. The van der Waals surface area contributed by atoms with Gasteiger partial charge in [-0.15, -0.1) is 0 Å². The first kappa shape index (κ1) is 13.8. The van der Waals surface area contributed by atoms with Crippen molar-refractivity contribution in [2.45, 2.75) is 13.0 Å². The number of benzene rings is 1. The normalized spacial score (nSPS) is 12.6. The number of likely N-dealkylation sites (N-methyl/N-ethyl adjacent to an activating group) is 1. The molecule has 0 fully saturated rings. The molecule has 1 heterocycles. The number of halogens is 1. The summed E-state index contributed by atoms with van der Waals surface area (Å²) in [4.78, 5) is 6.09. The summed E-state index contributed by atoms with van der Waals surface area (Å²) < 4.78 is 1.73. The molecule has 0 radical (unpaired) electrons. The van der Waals surface area contributed by atoms with Crippen molar-refractivity contribution in [3.63, 3.8) is 0 Å². The van der Waals surface area contributed by atoms with E-state index < -0.39 is 0 Å². The van der Waals surface area contributed by atoms with E-state index in [9.17, 15) is 0 Å². The van der Waals surface area contributed by atoms with Gasteiger partial charge in [0.25, 0.3) is 0 Å². The van der Waals surface area contributed by atoms with Gasteiger partial charge in [0.2, 0.25) is 0 Å². The third-order valence-corrected chi connectivity index (χ3v) is 3.26. The second-order valence-electron chi connectivity index (χ2n) is 4.54. The van der Waals surface area contributed by atoms with Crippen LogP contribution in [0.4, 0.5) is 0 Å². The van der Waals surface area contributed by atoms with Crippen LogP contribution in [0.3, 0.4) is 0 Å². The lowest BCUT2D eigenvalue weighted by Gasteiger charge is -2.24. The standard InChI is InChI=1S/C14H17ClN4/c1-11(15)8-18(3)12(2)13-4-6-14(7-5-13)19-10-16-9-17-19/h4-7,9-10,12H,1,8H2,2-3H3. The van der Waals surface area contributed by atoms with Crippen molar-refractivity contribution in [1.82, 2.24) is 19.7 Å². The van der Waals surface area contributed by atoms with E-state index >= 15 is 0 Å². The van der Waals surface area contributed by atoms with Crippen molar-refractivity contribution >= 4 is 11.6 Å². The highest BCUT2D eigenvalue weighted by molar-refractivity contribution is 6.29. The summed E-state index contributed by atoms with van der Waals surface area (Å²) >= 11 is 5.84. The van der Waals surface area contributed by atoms with Gasteiger partial charge in [0, 0.05) is 17.6 Å². The summed E-state index contributed by atoms with van der Waals surface area (Å²) in [5.41, 5.74) is 2.22. The molecule has 5 heteroatoms. The van der Waals surface area contributed by atoms with E-state index in [1.807, 2.05) is 19.2 Å². The van der Waals surface area contributed by atoms with Gasteiger partial charge in [-0.25, -0.2) is 9.67 Å². The zero-order valence-electron chi connectivity index (χ0n) is 11.1. The number of rotatable bonds is 5. The highest BCUT2D eigenvalue weighted by Crippen LogP contribution is 2.21. The molecule has 100 valence electrons. The lowest BCUT2D eigenvalue weighted by molar-refractivity contribution is 0.288. The fourth-order valence-electron chi connectivity index (χ4n) is 1.91. The average molecular weight is 277 g/mol. The topological polar surface area (TPSA) is 34.0 Å². The molecule has 1 aromatic heterocycles. The lowest BCUT2D eigenvalue weighted by Crippen LogP contribution is -2.23. The van der Waals surface area contributed by atoms with Crippen LogP contribution in [0.25, 0.3) is 5.69 Å². The highest BCUT2D eigenvalue weighted by Gasteiger charge is 2.12. The Kier molecular flexibility index (Phi) is 4.35. The van der Waals surface area contributed by atoms with E-state index in [1.165, 1.54) is 11.9 Å². The van der Waals surface area contributed by atoms with Crippen LogP contribution in [0.15, 0.2) is 48.5 Å².